The lowest BCUT2D eigenvalue weighted by Crippen LogP contribution is -2.30. The summed E-state index contributed by atoms with van der Waals surface area (Å²) in [5, 5.41) is 0. The van der Waals surface area contributed by atoms with Gasteiger partial charge in [-0.05, 0) is 103 Å². The average molecular weight is 1070 g/mol. The number of allylic oxidation sites excluding steroid dienone is 18. The van der Waals surface area contributed by atoms with Crippen molar-refractivity contribution in [1.29, 1.82) is 0 Å². The largest absolute Gasteiger partial charge is 0.462 e. The van der Waals surface area contributed by atoms with Gasteiger partial charge in [-0.2, -0.15) is 0 Å². The minimum atomic E-state index is -0.807. The van der Waals surface area contributed by atoms with Crippen molar-refractivity contribution in [2.75, 3.05) is 13.2 Å². The second kappa shape index (κ2) is 64.6. The van der Waals surface area contributed by atoms with Crippen LogP contribution in [0.1, 0.15) is 303 Å². The molecular weight excluding hydrogens is 949 g/mol. The molecule has 1 unspecified atom stereocenters. The zero-order valence-electron chi connectivity index (χ0n) is 50.4. The van der Waals surface area contributed by atoms with E-state index in [-0.39, 0.29) is 37.5 Å². The Bertz CT molecular complexity index is 1560. The first-order valence-corrected chi connectivity index (χ1v) is 32.4. The van der Waals surface area contributed by atoms with Crippen LogP contribution in [0.3, 0.4) is 0 Å². The quantitative estimate of drug-likeness (QED) is 0.0261. The predicted octanol–water partition coefficient (Wildman–Crippen LogP) is 22.2. The van der Waals surface area contributed by atoms with Crippen molar-refractivity contribution in [2.45, 2.75) is 309 Å². The highest BCUT2D eigenvalue weighted by molar-refractivity contribution is 5.71. The first-order valence-electron chi connectivity index (χ1n) is 32.4. The normalized spacial score (nSPS) is 12.8. The Hall–Kier alpha value is -3.93. The van der Waals surface area contributed by atoms with Crippen LogP contribution in [-0.2, 0) is 28.6 Å². The molecule has 0 saturated heterocycles. The third-order valence-corrected chi connectivity index (χ3v) is 13.8. The number of hydrogen-bond acceptors (Lipinski definition) is 6. The number of carbonyl (C=O) groups excluding carboxylic acids is 3. The molecule has 0 N–H and O–H groups in total. The number of rotatable bonds is 58. The smallest absolute Gasteiger partial charge is 0.306 e. The Labute approximate surface area is 476 Å². The SMILES string of the molecule is CC/C=C\C/C=C\C/C=C\C/C=C\C/C=C\C/C=C\C/C=C\CCCC(=O)OCC(COC(=O)CCCCCCCCC/C=C\C/C=C\CCCCC)OC(=O)CCCCCCCCCCCCCCCCCCCCC. The first-order chi connectivity index (χ1) is 38.0. The lowest BCUT2D eigenvalue weighted by atomic mass is 10.0. The molecule has 0 aliphatic rings. The third-order valence-electron chi connectivity index (χ3n) is 13.8. The summed E-state index contributed by atoms with van der Waals surface area (Å²) in [6, 6.07) is 0. The maximum absolute atomic E-state index is 12.9. The molecule has 77 heavy (non-hydrogen) atoms. The molecule has 0 heterocycles. The monoisotopic (exact) mass is 1070 g/mol. The van der Waals surface area contributed by atoms with E-state index in [2.05, 4.69) is 130 Å². The zero-order chi connectivity index (χ0) is 55.7. The van der Waals surface area contributed by atoms with Gasteiger partial charge in [0.25, 0.3) is 0 Å². The van der Waals surface area contributed by atoms with Gasteiger partial charge < -0.3 is 14.2 Å². The molecule has 0 aromatic heterocycles. The van der Waals surface area contributed by atoms with Crippen LogP contribution in [0.4, 0.5) is 0 Å². The van der Waals surface area contributed by atoms with Crippen molar-refractivity contribution in [1.82, 2.24) is 0 Å². The molecule has 0 aromatic carbocycles. The van der Waals surface area contributed by atoms with E-state index in [1.807, 2.05) is 0 Å². The Morgan fingerprint density at radius 3 is 0.870 bits per heavy atom. The van der Waals surface area contributed by atoms with Gasteiger partial charge in [0.1, 0.15) is 13.2 Å². The van der Waals surface area contributed by atoms with Crippen LogP contribution in [-0.4, -0.2) is 37.2 Å². The van der Waals surface area contributed by atoms with Gasteiger partial charge >= 0.3 is 17.9 Å². The van der Waals surface area contributed by atoms with Crippen molar-refractivity contribution < 1.29 is 28.6 Å². The number of ether oxygens (including phenoxy) is 3. The number of hydrogen-bond donors (Lipinski definition) is 0. The molecule has 0 fully saturated rings. The number of unbranched alkanes of at least 4 members (excludes halogenated alkanes) is 29. The van der Waals surface area contributed by atoms with Crippen molar-refractivity contribution in [2.24, 2.45) is 0 Å². The Balaban J connectivity index is 4.48. The van der Waals surface area contributed by atoms with Crippen LogP contribution in [0.2, 0.25) is 0 Å². The summed E-state index contributed by atoms with van der Waals surface area (Å²) in [7, 11) is 0. The van der Waals surface area contributed by atoms with Crippen LogP contribution in [0.25, 0.3) is 0 Å². The fourth-order valence-electron chi connectivity index (χ4n) is 8.93. The average Bonchev–Trinajstić information content (AvgIpc) is 3.43. The van der Waals surface area contributed by atoms with Crippen molar-refractivity contribution in [3.63, 3.8) is 0 Å². The topological polar surface area (TPSA) is 78.9 Å². The van der Waals surface area contributed by atoms with E-state index >= 15 is 0 Å². The second-order valence-electron chi connectivity index (χ2n) is 21.3. The molecule has 6 nitrogen and oxygen atoms in total. The van der Waals surface area contributed by atoms with Crippen LogP contribution in [0.15, 0.2) is 109 Å². The first kappa shape index (κ1) is 73.1. The maximum atomic E-state index is 12.9. The molecule has 0 saturated carbocycles. The summed E-state index contributed by atoms with van der Waals surface area (Å²) >= 11 is 0. The minimum Gasteiger partial charge on any atom is -0.462 e. The summed E-state index contributed by atoms with van der Waals surface area (Å²) in [6.45, 7) is 6.48. The maximum Gasteiger partial charge on any atom is 0.306 e. The lowest BCUT2D eigenvalue weighted by Gasteiger charge is -2.18. The highest BCUT2D eigenvalue weighted by Gasteiger charge is 2.19. The molecule has 440 valence electrons. The van der Waals surface area contributed by atoms with Gasteiger partial charge in [0.15, 0.2) is 6.10 Å². The fraction of sp³-hybridized carbons (Fsp3) is 0.704. The van der Waals surface area contributed by atoms with E-state index in [9.17, 15) is 14.4 Å². The molecule has 0 aromatic rings. The molecule has 0 aliphatic heterocycles. The summed E-state index contributed by atoms with van der Waals surface area (Å²) in [5.74, 6) is -0.957. The highest BCUT2D eigenvalue weighted by Crippen LogP contribution is 2.16. The number of esters is 3. The predicted molar refractivity (Wildman–Crippen MR) is 334 cm³/mol. The van der Waals surface area contributed by atoms with Crippen molar-refractivity contribution in [3.05, 3.63) is 109 Å². The summed E-state index contributed by atoms with van der Waals surface area (Å²) in [6.07, 6.45) is 88.1. The van der Waals surface area contributed by atoms with E-state index < -0.39 is 6.10 Å². The van der Waals surface area contributed by atoms with Crippen LogP contribution in [0, 0.1) is 0 Å². The van der Waals surface area contributed by atoms with Gasteiger partial charge in [0, 0.05) is 19.3 Å². The number of carbonyl (C=O) groups is 3. The third kappa shape index (κ3) is 62.8. The molecular formula is C71H120O6. The van der Waals surface area contributed by atoms with Crippen LogP contribution < -0.4 is 0 Å². The Morgan fingerprint density at radius 1 is 0.273 bits per heavy atom. The van der Waals surface area contributed by atoms with E-state index in [1.54, 1.807) is 0 Å². The minimum absolute atomic E-state index is 0.0991. The molecule has 0 bridgehead atoms. The summed E-state index contributed by atoms with van der Waals surface area (Å²) < 4.78 is 16.9. The molecule has 0 spiro atoms. The summed E-state index contributed by atoms with van der Waals surface area (Å²) in [5.41, 5.74) is 0. The van der Waals surface area contributed by atoms with Gasteiger partial charge in [-0.25, -0.2) is 0 Å². The van der Waals surface area contributed by atoms with E-state index in [0.717, 1.165) is 103 Å². The Morgan fingerprint density at radius 2 is 0.519 bits per heavy atom. The van der Waals surface area contributed by atoms with Gasteiger partial charge in [-0.3, -0.25) is 14.4 Å². The molecule has 0 amide bonds. The van der Waals surface area contributed by atoms with Crippen LogP contribution in [0.5, 0.6) is 0 Å². The highest BCUT2D eigenvalue weighted by atomic mass is 16.6. The fourth-order valence-corrected chi connectivity index (χ4v) is 8.93. The van der Waals surface area contributed by atoms with E-state index in [4.69, 9.17) is 14.2 Å². The molecule has 0 aliphatic carbocycles. The van der Waals surface area contributed by atoms with Crippen LogP contribution >= 0.6 is 0 Å². The van der Waals surface area contributed by atoms with Crippen molar-refractivity contribution in [3.8, 4) is 0 Å². The van der Waals surface area contributed by atoms with Gasteiger partial charge in [-0.1, -0.05) is 291 Å². The molecule has 0 radical (unpaired) electrons. The molecule has 0 rings (SSSR count). The lowest BCUT2D eigenvalue weighted by molar-refractivity contribution is -0.167. The molecule has 1 atom stereocenters. The van der Waals surface area contributed by atoms with Gasteiger partial charge in [0.2, 0.25) is 0 Å². The van der Waals surface area contributed by atoms with Crippen molar-refractivity contribution >= 4 is 17.9 Å². The van der Waals surface area contributed by atoms with E-state index in [1.165, 1.54) is 154 Å². The summed E-state index contributed by atoms with van der Waals surface area (Å²) in [4.78, 5) is 38.3. The molecule has 6 heteroatoms. The second-order valence-corrected chi connectivity index (χ2v) is 21.3. The van der Waals surface area contributed by atoms with E-state index in [0.29, 0.717) is 19.3 Å². The Kier molecular flexibility index (Phi) is 61.3. The van der Waals surface area contributed by atoms with Gasteiger partial charge in [-0.15, -0.1) is 0 Å². The van der Waals surface area contributed by atoms with Gasteiger partial charge in [0.05, 0.1) is 0 Å². The zero-order valence-corrected chi connectivity index (χ0v) is 50.4. The standard InChI is InChI=1S/C71H120O6/c1-4-7-10-13-16-19-22-25-28-31-33-34-35-36-38-40-43-46-49-52-55-58-61-64-70(73)76-67-68(66-75-69(72)63-60-57-54-51-48-45-42-39-30-27-24-21-18-15-12-9-6-3)77-71(74)65-62-59-56-53-50-47-44-41-37-32-29-26-23-20-17-14-11-8-5-2/h7,10,16,18-19,21,25,27-28,30,33-34,36,38,43,46,52,55,68H,4-6,8-9,11-15,17,20,22-24,26,29,31-32,35,37,39-42,44-45,47-51,53-54,56-67H2,1-3H3/b10-7-,19-16-,21-18-,28-25-,30-27-,34-33-,38-36-,46-43-,55-52-.